The number of hydrogen-bond acceptors (Lipinski definition) is 13. The van der Waals surface area contributed by atoms with E-state index in [1.54, 1.807) is 0 Å². The smallest absolute Gasteiger partial charge is 0.220 e. The summed E-state index contributed by atoms with van der Waals surface area (Å²) < 4.78 is 22.9. The summed E-state index contributed by atoms with van der Waals surface area (Å²) >= 11 is 0. The zero-order chi connectivity index (χ0) is 63.8. The van der Waals surface area contributed by atoms with E-state index in [-0.39, 0.29) is 18.9 Å². The van der Waals surface area contributed by atoms with Gasteiger partial charge in [-0.15, -0.1) is 0 Å². The fourth-order valence-corrected chi connectivity index (χ4v) is 11.7. The van der Waals surface area contributed by atoms with Crippen LogP contribution in [0.2, 0.25) is 0 Å². The van der Waals surface area contributed by atoms with E-state index in [2.05, 4.69) is 92.1 Å². The van der Waals surface area contributed by atoms with Crippen molar-refractivity contribution in [2.75, 3.05) is 19.8 Å². The Hall–Kier alpha value is -2.57. The standard InChI is InChI=1S/C74H133NO13/c1-3-5-7-9-11-13-15-17-19-21-23-25-27-29-30-31-32-34-35-37-39-41-43-45-47-49-51-53-55-57-63(78)62(61-85-73-71(84)69(82)72(65(60-77)87-73)88-74-70(83)68(81)67(80)64(59-76)86-74)75-66(79)58-56-54-52-50-48-46-44-42-40-38-36-33-28-26-24-22-20-18-16-14-12-10-8-6-4-2/h6,8,12,14,18,20,24,26,33,36,40,42,62-65,67-74,76-78,80-84H,3-5,7,9-11,13,15-17,19,21-23,25,27-32,34-35,37-39,41,43-61H2,1-2H3,(H,75,79)/b8-6-,14-12-,20-18-,26-24-,36-33-,42-40-. The number of nitrogens with one attached hydrogen (secondary N) is 1. The van der Waals surface area contributed by atoms with E-state index in [0.717, 1.165) is 103 Å². The Labute approximate surface area is 536 Å². The van der Waals surface area contributed by atoms with Crippen molar-refractivity contribution in [1.82, 2.24) is 5.32 Å². The minimum absolute atomic E-state index is 0.220. The Morgan fingerprint density at radius 3 is 1.20 bits per heavy atom. The number of aliphatic hydroxyl groups excluding tert-OH is 8. The maximum atomic E-state index is 13.4. The molecule has 12 atom stereocenters. The highest BCUT2D eigenvalue weighted by Gasteiger charge is 2.51. The molecule has 9 N–H and O–H groups in total. The van der Waals surface area contributed by atoms with E-state index < -0.39 is 86.8 Å². The molecular formula is C74H133NO13. The third kappa shape index (κ3) is 41.8. The van der Waals surface area contributed by atoms with Gasteiger partial charge in [-0.2, -0.15) is 0 Å². The van der Waals surface area contributed by atoms with Crippen molar-refractivity contribution in [3.05, 3.63) is 72.9 Å². The predicted octanol–water partition coefficient (Wildman–Crippen LogP) is 15.0. The Bertz CT molecular complexity index is 1750. The van der Waals surface area contributed by atoms with Crippen molar-refractivity contribution < 1.29 is 64.6 Å². The molecule has 88 heavy (non-hydrogen) atoms. The fourth-order valence-electron chi connectivity index (χ4n) is 11.7. The number of aliphatic hydroxyl groups is 8. The number of ether oxygens (including phenoxy) is 4. The molecular weight excluding hydrogens is 1110 g/mol. The van der Waals surface area contributed by atoms with Gasteiger partial charge < -0.3 is 65.1 Å². The van der Waals surface area contributed by atoms with Crippen LogP contribution in [0.1, 0.15) is 296 Å². The first-order valence-corrected chi connectivity index (χ1v) is 36.2. The van der Waals surface area contributed by atoms with Crippen LogP contribution in [0.25, 0.3) is 0 Å². The van der Waals surface area contributed by atoms with Gasteiger partial charge in [0.2, 0.25) is 5.91 Å². The van der Waals surface area contributed by atoms with Crippen molar-refractivity contribution in [3.63, 3.8) is 0 Å². The molecule has 0 aromatic heterocycles. The van der Waals surface area contributed by atoms with Gasteiger partial charge in [0, 0.05) is 6.42 Å². The van der Waals surface area contributed by atoms with Crippen molar-refractivity contribution >= 4 is 5.91 Å². The maximum absolute atomic E-state index is 13.4. The molecule has 2 rings (SSSR count). The van der Waals surface area contributed by atoms with Gasteiger partial charge in [0.1, 0.15) is 48.8 Å². The summed E-state index contributed by atoms with van der Waals surface area (Å²) in [7, 11) is 0. The minimum Gasteiger partial charge on any atom is -0.394 e. The van der Waals surface area contributed by atoms with E-state index >= 15 is 0 Å². The van der Waals surface area contributed by atoms with E-state index in [0.29, 0.717) is 12.8 Å². The molecule has 512 valence electrons. The van der Waals surface area contributed by atoms with Gasteiger partial charge in [-0.25, -0.2) is 0 Å². The van der Waals surface area contributed by atoms with Crippen molar-refractivity contribution in [2.45, 2.75) is 370 Å². The van der Waals surface area contributed by atoms with Gasteiger partial charge in [-0.1, -0.05) is 299 Å². The number of rotatable bonds is 59. The molecule has 0 radical (unpaired) electrons. The number of amides is 1. The normalized spacial score (nSPS) is 23.6. The monoisotopic (exact) mass is 1240 g/mol. The molecule has 14 nitrogen and oxygen atoms in total. The van der Waals surface area contributed by atoms with Crippen molar-refractivity contribution in [2.24, 2.45) is 0 Å². The maximum Gasteiger partial charge on any atom is 0.220 e. The molecule has 0 saturated carbocycles. The molecule has 1 amide bonds. The second-order valence-corrected chi connectivity index (χ2v) is 25.3. The third-order valence-electron chi connectivity index (χ3n) is 17.4. The van der Waals surface area contributed by atoms with Crippen LogP contribution in [0.4, 0.5) is 0 Å². The first kappa shape index (κ1) is 81.5. The van der Waals surface area contributed by atoms with Crippen molar-refractivity contribution in [1.29, 1.82) is 0 Å². The highest BCUT2D eigenvalue weighted by Crippen LogP contribution is 2.30. The van der Waals surface area contributed by atoms with Crippen LogP contribution in [-0.4, -0.2) is 140 Å². The predicted molar refractivity (Wildman–Crippen MR) is 360 cm³/mol. The highest BCUT2D eigenvalue weighted by molar-refractivity contribution is 5.76. The Morgan fingerprint density at radius 2 is 0.784 bits per heavy atom. The number of hydrogen-bond donors (Lipinski definition) is 9. The molecule has 14 heteroatoms. The average Bonchev–Trinajstić information content (AvgIpc) is 2.07. The van der Waals surface area contributed by atoms with Gasteiger partial charge >= 0.3 is 0 Å². The van der Waals surface area contributed by atoms with Gasteiger partial charge in [0.25, 0.3) is 0 Å². The molecule has 2 saturated heterocycles. The highest BCUT2D eigenvalue weighted by atomic mass is 16.7. The second-order valence-electron chi connectivity index (χ2n) is 25.3. The summed E-state index contributed by atoms with van der Waals surface area (Å²) in [6, 6.07) is -0.844. The Kier molecular flexibility index (Phi) is 54.0. The summed E-state index contributed by atoms with van der Waals surface area (Å²) in [5, 5.41) is 87.7. The molecule has 2 aliphatic heterocycles. The topological polar surface area (TPSA) is 228 Å². The zero-order valence-electron chi connectivity index (χ0n) is 55.7. The zero-order valence-corrected chi connectivity index (χ0v) is 55.7. The van der Waals surface area contributed by atoms with Gasteiger partial charge in [0.15, 0.2) is 12.6 Å². The van der Waals surface area contributed by atoms with Crippen molar-refractivity contribution in [3.8, 4) is 0 Å². The lowest BCUT2D eigenvalue weighted by atomic mass is 9.97. The van der Waals surface area contributed by atoms with Gasteiger partial charge in [-0.3, -0.25) is 4.79 Å². The van der Waals surface area contributed by atoms with Crippen LogP contribution in [-0.2, 0) is 23.7 Å². The Balaban J connectivity index is 1.67. The van der Waals surface area contributed by atoms with Crippen LogP contribution < -0.4 is 5.32 Å². The van der Waals surface area contributed by atoms with Crippen LogP contribution in [0.3, 0.4) is 0 Å². The largest absolute Gasteiger partial charge is 0.394 e. The first-order chi connectivity index (χ1) is 43.1. The van der Waals surface area contributed by atoms with Crippen LogP contribution in [0.5, 0.6) is 0 Å². The summed E-state index contributed by atoms with van der Waals surface area (Å²) in [6.45, 7) is 2.77. The fraction of sp³-hybridized carbons (Fsp3) is 0.824. The lowest BCUT2D eigenvalue weighted by Crippen LogP contribution is -2.65. The molecule has 0 bridgehead atoms. The van der Waals surface area contributed by atoms with Gasteiger partial charge in [0.05, 0.1) is 32.0 Å². The third-order valence-corrected chi connectivity index (χ3v) is 17.4. The van der Waals surface area contributed by atoms with Crippen LogP contribution in [0, 0.1) is 0 Å². The molecule has 2 fully saturated rings. The molecule has 2 aliphatic rings. The second kappa shape index (κ2) is 58.3. The summed E-state index contributed by atoms with van der Waals surface area (Å²) in [6.07, 6.45) is 62.0. The van der Waals surface area contributed by atoms with E-state index in [4.69, 9.17) is 18.9 Å². The van der Waals surface area contributed by atoms with Crippen LogP contribution in [0.15, 0.2) is 72.9 Å². The Morgan fingerprint density at radius 1 is 0.420 bits per heavy atom. The molecule has 2 heterocycles. The molecule has 0 aromatic rings. The first-order valence-electron chi connectivity index (χ1n) is 36.2. The molecule has 12 unspecified atom stereocenters. The lowest BCUT2D eigenvalue weighted by molar-refractivity contribution is -0.359. The number of carbonyl (C=O) groups is 1. The number of carbonyl (C=O) groups excluding carboxylic acids is 1. The SMILES string of the molecule is CC/C=C\C/C=C\C/C=C\C/C=C\C/C=C\C/C=C\CCCCCCCCC(=O)NC(COC1OC(CO)C(OC2OC(CO)C(O)C(O)C2O)C(O)C1O)C(O)CCCCCCCCCCCCCCCCCCCCCCCCCCCCCCC. The quantitative estimate of drug-likeness (QED) is 0.0204. The van der Waals surface area contributed by atoms with Gasteiger partial charge in [-0.05, 0) is 64.2 Å². The summed E-state index contributed by atoms with van der Waals surface area (Å²) in [4.78, 5) is 13.4. The lowest BCUT2D eigenvalue weighted by Gasteiger charge is -2.46. The minimum atomic E-state index is -1.79. The van der Waals surface area contributed by atoms with E-state index in [9.17, 15) is 45.6 Å². The number of unbranched alkanes of at least 4 members (excludes halogenated alkanes) is 34. The van der Waals surface area contributed by atoms with Crippen LogP contribution >= 0.6 is 0 Å². The average molecular weight is 1240 g/mol. The van der Waals surface area contributed by atoms with E-state index in [1.807, 2.05) is 0 Å². The summed E-state index contributed by atoms with van der Waals surface area (Å²) in [5.41, 5.74) is 0. The molecule has 0 aliphatic carbocycles. The molecule has 0 aromatic carbocycles. The van der Waals surface area contributed by atoms with E-state index in [1.165, 1.54) is 161 Å². The molecule has 0 spiro atoms. The number of allylic oxidation sites excluding steroid dienone is 12. The summed E-state index contributed by atoms with van der Waals surface area (Å²) in [5.74, 6) is -0.220.